The molecule has 4 nitrogen and oxygen atoms in total. The van der Waals surface area contributed by atoms with Gasteiger partial charge in [0.15, 0.2) is 5.58 Å². The maximum absolute atomic E-state index is 6.96. The van der Waals surface area contributed by atoms with Gasteiger partial charge in [0, 0.05) is 39.0 Å². The van der Waals surface area contributed by atoms with Gasteiger partial charge in [-0.05, 0) is 83.0 Å². The minimum atomic E-state index is -0.104. The van der Waals surface area contributed by atoms with E-state index in [0.29, 0.717) is 0 Å². The van der Waals surface area contributed by atoms with Gasteiger partial charge >= 0.3 is 0 Å². The van der Waals surface area contributed by atoms with Crippen molar-refractivity contribution >= 4 is 132 Å². The van der Waals surface area contributed by atoms with Crippen LogP contribution in [0.1, 0.15) is 0 Å². The molecule has 0 aliphatic carbocycles. The van der Waals surface area contributed by atoms with E-state index in [4.69, 9.17) is 8.83 Å². The largest absolute Gasteiger partial charge is 0.476 e. The van der Waals surface area contributed by atoms with E-state index in [1.165, 1.54) is 109 Å². The smallest absolute Gasteiger partial charge is 0.297 e. The normalized spacial score (nSPS) is 13.4. The fraction of sp³-hybridized carbons (Fsp3) is 0. The highest BCUT2D eigenvalue weighted by Gasteiger charge is 2.44. The Labute approximate surface area is 312 Å². The first kappa shape index (κ1) is 27.4. The molecule has 4 aromatic heterocycles. The zero-order chi connectivity index (χ0) is 35.3. The summed E-state index contributed by atoms with van der Waals surface area (Å²) in [6, 6.07) is 51.6. The van der Waals surface area contributed by atoms with Crippen molar-refractivity contribution in [2.24, 2.45) is 0 Å². The van der Waals surface area contributed by atoms with Crippen molar-refractivity contribution in [1.82, 2.24) is 9.13 Å². The fourth-order valence-corrected chi connectivity index (χ4v) is 11.2. The van der Waals surface area contributed by atoms with Gasteiger partial charge in [-0.3, -0.25) is 0 Å². The van der Waals surface area contributed by atoms with E-state index in [9.17, 15) is 0 Å². The molecule has 0 amide bonds. The maximum Gasteiger partial charge on any atom is 0.297 e. The number of furan rings is 2. The second-order valence-electron chi connectivity index (χ2n) is 15.5. The van der Waals surface area contributed by atoms with Crippen molar-refractivity contribution in [3.63, 3.8) is 0 Å². The molecule has 13 aromatic rings. The summed E-state index contributed by atoms with van der Waals surface area (Å²) in [7, 11) is 0. The topological polar surface area (TPSA) is 36.1 Å². The highest BCUT2D eigenvalue weighted by Crippen LogP contribution is 2.47. The highest BCUT2D eigenvalue weighted by atomic mass is 16.3. The van der Waals surface area contributed by atoms with E-state index < -0.39 is 0 Å². The van der Waals surface area contributed by atoms with Crippen molar-refractivity contribution in [3.8, 4) is 11.4 Å². The monoisotopic (exact) mass is 696 g/mol. The molecular formula is C50H25BN2O2. The van der Waals surface area contributed by atoms with Gasteiger partial charge in [-0.2, -0.15) is 0 Å². The molecule has 0 atom stereocenters. The molecule has 6 heterocycles. The molecular weight excluding hydrogens is 671 g/mol. The summed E-state index contributed by atoms with van der Waals surface area (Å²) in [4.78, 5) is 0. The molecule has 0 unspecified atom stereocenters. The SMILES string of the molecule is c1cc2c3c(c1)-n1c4ccoc4c4c5c6ccccc6c6ccccc6c5cc(c41)B3c1occ3c4c5c6ccccc6c6ccccc6c5ccc4n-2c13. The third-order valence-corrected chi connectivity index (χ3v) is 13.2. The molecule has 2 aliphatic rings. The molecule has 0 spiro atoms. The van der Waals surface area contributed by atoms with Gasteiger partial charge in [-0.15, -0.1) is 0 Å². The van der Waals surface area contributed by atoms with Crippen molar-refractivity contribution in [1.29, 1.82) is 0 Å². The number of hydrogen-bond acceptors (Lipinski definition) is 2. The third kappa shape index (κ3) is 2.93. The summed E-state index contributed by atoms with van der Waals surface area (Å²) < 4.78 is 18.4. The average Bonchev–Trinajstić information content (AvgIpc) is 4.03. The molecule has 55 heavy (non-hydrogen) atoms. The molecule has 0 radical (unpaired) electrons. The Morgan fingerprint density at radius 2 is 0.945 bits per heavy atom. The number of aromatic nitrogens is 2. The lowest BCUT2D eigenvalue weighted by Gasteiger charge is -2.31. The predicted molar refractivity (Wildman–Crippen MR) is 229 cm³/mol. The zero-order valence-corrected chi connectivity index (χ0v) is 29.2. The summed E-state index contributed by atoms with van der Waals surface area (Å²) in [6.07, 6.45) is 3.89. The summed E-state index contributed by atoms with van der Waals surface area (Å²) in [5, 5.41) is 18.7. The first-order chi connectivity index (χ1) is 27.3. The molecule has 0 N–H and O–H groups in total. The quantitative estimate of drug-likeness (QED) is 0.117. The van der Waals surface area contributed by atoms with Gasteiger partial charge in [-0.1, -0.05) is 115 Å². The van der Waals surface area contributed by atoms with Gasteiger partial charge in [0.05, 0.1) is 45.6 Å². The summed E-state index contributed by atoms with van der Waals surface area (Å²) in [5.41, 5.74) is 11.5. The van der Waals surface area contributed by atoms with Crippen LogP contribution in [0.5, 0.6) is 0 Å². The molecule has 250 valence electrons. The molecule has 9 aromatic carbocycles. The van der Waals surface area contributed by atoms with E-state index in [1.807, 2.05) is 12.5 Å². The fourth-order valence-electron chi connectivity index (χ4n) is 11.2. The molecule has 0 saturated heterocycles. The lowest BCUT2D eigenvalue weighted by atomic mass is 9.36. The molecule has 15 rings (SSSR count). The number of benzene rings is 9. The molecule has 2 aliphatic heterocycles. The van der Waals surface area contributed by atoms with Crippen LogP contribution in [0.15, 0.2) is 161 Å². The van der Waals surface area contributed by atoms with Crippen molar-refractivity contribution in [3.05, 3.63) is 152 Å². The first-order valence-electron chi connectivity index (χ1n) is 19.0. The van der Waals surface area contributed by atoms with Crippen LogP contribution in [0.2, 0.25) is 0 Å². The van der Waals surface area contributed by atoms with Crippen molar-refractivity contribution in [2.45, 2.75) is 0 Å². The van der Waals surface area contributed by atoms with Crippen LogP contribution in [0, 0.1) is 0 Å². The second kappa shape index (κ2) is 9.10. The Bertz CT molecular complexity index is 3930. The Hall–Kier alpha value is -7.24. The summed E-state index contributed by atoms with van der Waals surface area (Å²) in [5.74, 6) is 0. The van der Waals surface area contributed by atoms with E-state index in [-0.39, 0.29) is 6.71 Å². The predicted octanol–water partition coefficient (Wildman–Crippen LogP) is 11.1. The molecule has 0 fully saturated rings. The number of nitrogens with zero attached hydrogens (tertiary/aromatic N) is 2. The van der Waals surface area contributed by atoms with Gasteiger partial charge in [-0.25, -0.2) is 0 Å². The van der Waals surface area contributed by atoms with E-state index in [1.54, 1.807) is 0 Å². The minimum Gasteiger partial charge on any atom is -0.476 e. The van der Waals surface area contributed by atoms with Crippen LogP contribution in [0.25, 0.3) is 120 Å². The third-order valence-electron chi connectivity index (χ3n) is 13.2. The lowest BCUT2D eigenvalue weighted by molar-refractivity contribution is 0.603. The van der Waals surface area contributed by atoms with Crippen LogP contribution in [0.3, 0.4) is 0 Å². The highest BCUT2D eigenvalue weighted by molar-refractivity contribution is 7.00. The van der Waals surface area contributed by atoms with Crippen molar-refractivity contribution in [2.75, 3.05) is 0 Å². The Morgan fingerprint density at radius 3 is 1.60 bits per heavy atom. The first-order valence-corrected chi connectivity index (χ1v) is 19.0. The van der Waals surface area contributed by atoms with Gasteiger partial charge in [0.2, 0.25) is 0 Å². The molecule has 5 heteroatoms. The van der Waals surface area contributed by atoms with Crippen LogP contribution < -0.4 is 16.6 Å². The Morgan fingerprint density at radius 1 is 0.400 bits per heavy atom. The number of hydrogen-bond donors (Lipinski definition) is 0. The Kier molecular flexibility index (Phi) is 4.53. The second-order valence-corrected chi connectivity index (χ2v) is 15.5. The Balaban J connectivity index is 1.17. The number of fused-ring (bicyclic) bond motifs is 24. The standard InChI is InChI=1S/C50H25BN2O2/c1-3-14-30-26(10-1)28-12-5-7-16-32(28)42-34(30)20-21-38-44(42)36-25-55-50-47(36)52(38)39-18-9-19-40-46(39)51(50)37-24-35-31-15-4-2-11-27(31)29-13-6-8-17-33(29)43(35)45-48(37)53(40)41-22-23-54-49(41)45/h1-25H. The van der Waals surface area contributed by atoms with Gasteiger partial charge in [0.1, 0.15) is 0 Å². The van der Waals surface area contributed by atoms with Gasteiger partial charge in [0.25, 0.3) is 6.71 Å². The zero-order valence-electron chi connectivity index (χ0n) is 29.2. The van der Waals surface area contributed by atoms with Crippen LogP contribution >= 0.6 is 0 Å². The summed E-state index contributed by atoms with van der Waals surface area (Å²) >= 11 is 0. The summed E-state index contributed by atoms with van der Waals surface area (Å²) in [6.45, 7) is -0.104. The lowest BCUT2D eigenvalue weighted by Crippen LogP contribution is -2.59. The van der Waals surface area contributed by atoms with Crippen molar-refractivity contribution < 1.29 is 8.83 Å². The average molecular weight is 697 g/mol. The van der Waals surface area contributed by atoms with Crippen LogP contribution in [-0.4, -0.2) is 15.8 Å². The van der Waals surface area contributed by atoms with Crippen LogP contribution in [0.4, 0.5) is 0 Å². The molecule has 0 bridgehead atoms. The number of rotatable bonds is 0. The van der Waals surface area contributed by atoms with Crippen LogP contribution in [-0.2, 0) is 0 Å². The minimum absolute atomic E-state index is 0.104. The maximum atomic E-state index is 6.96. The molecule has 0 saturated carbocycles. The van der Waals surface area contributed by atoms with E-state index in [0.717, 1.165) is 27.7 Å². The van der Waals surface area contributed by atoms with E-state index >= 15 is 0 Å². The van der Waals surface area contributed by atoms with Gasteiger partial charge < -0.3 is 18.0 Å². The van der Waals surface area contributed by atoms with E-state index in [2.05, 4.69) is 149 Å².